The molecule has 0 saturated carbocycles. The summed E-state index contributed by atoms with van der Waals surface area (Å²) < 4.78 is 2.79. The van der Waals surface area contributed by atoms with Gasteiger partial charge in [0.2, 0.25) is 0 Å². The van der Waals surface area contributed by atoms with Gasteiger partial charge in [-0.2, -0.15) is 0 Å². The number of pyridine rings is 1. The van der Waals surface area contributed by atoms with Crippen LogP contribution in [0.5, 0.6) is 0 Å². The van der Waals surface area contributed by atoms with Crippen molar-refractivity contribution in [1.29, 1.82) is 0 Å². The van der Waals surface area contributed by atoms with E-state index < -0.39 is 0 Å². The minimum atomic E-state index is -0.301. The Balaban J connectivity index is 1.30. The van der Waals surface area contributed by atoms with Gasteiger partial charge in [-0.1, -0.05) is 35.9 Å². The van der Waals surface area contributed by atoms with Gasteiger partial charge in [0.05, 0.1) is 39.9 Å². The second-order valence-electron chi connectivity index (χ2n) is 8.88. The van der Waals surface area contributed by atoms with Crippen LogP contribution in [0.4, 0.5) is 0 Å². The Morgan fingerprint density at radius 2 is 1.97 bits per heavy atom. The number of carbonyl (C=O) groups is 2. The number of rotatable bonds is 4. The van der Waals surface area contributed by atoms with Crippen molar-refractivity contribution in [2.45, 2.75) is 18.4 Å². The molecule has 0 radical (unpaired) electrons. The zero-order chi connectivity index (χ0) is 24.6. The van der Waals surface area contributed by atoms with Gasteiger partial charge in [0, 0.05) is 30.2 Å². The number of likely N-dealkylation sites (tertiary alicyclic amines) is 1. The van der Waals surface area contributed by atoms with Gasteiger partial charge in [-0.15, -0.1) is 11.3 Å². The maximum atomic E-state index is 13.6. The number of halogens is 1. The van der Waals surface area contributed by atoms with Crippen LogP contribution in [0.3, 0.4) is 0 Å². The number of carbonyl (C=O) groups excluding carboxylic acids is 2. The smallest absolute Gasteiger partial charge is 0.280 e. The predicted molar refractivity (Wildman–Crippen MR) is 141 cm³/mol. The second kappa shape index (κ2) is 9.37. The highest BCUT2D eigenvalue weighted by atomic mass is 35.5. The number of para-hydroxylation sites is 1. The van der Waals surface area contributed by atoms with Crippen LogP contribution in [-0.2, 0) is 0 Å². The molecule has 1 N–H and O–H groups in total. The minimum absolute atomic E-state index is 0.0110. The van der Waals surface area contributed by atoms with Gasteiger partial charge >= 0.3 is 0 Å². The number of hydrogen-bond donors (Lipinski definition) is 1. The Morgan fingerprint density at radius 1 is 1.08 bits per heavy atom. The number of aromatic nitrogens is 3. The number of hydrogen-bond acceptors (Lipinski definition) is 5. The first-order chi connectivity index (χ1) is 17.6. The Morgan fingerprint density at radius 3 is 2.83 bits per heavy atom. The molecule has 2 aromatic carbocycles. The van der Waals surface area contributed by atoms with Crippen LogP contribution in [0, 0.1) is 0 Å². The zero-order valence-corrected chi connectivity index (χ0v) is 20.7. The molecule has 9 heteroatoms. The van der Waals surface area contributed by atoms with Crippen LogP contribution in [0.2, 0.25) is 5.02 Å². The second-order valence-corrected chi connectivity index (χ2v) is 10.3. The lowest BCUT2D eigenvalue weighted by Crippen LogP contribution is -2.53. The number of piperidine rings is 1. The lowest BCUT2D eigenvalue weighted by atomic mass is 9.85. The molecule has 6 rings (SSSR count). The monoisotopic (exact) mass is 515 g/mol. The van der Waals surface area contributed by atoms with Crippen LogP contribution < -0.4 is 5.32 Å². The molecule has 7 nitrogen and oxygen atoms in total. The number of fused-ring (bicyclic) bond motifs is 2. The molecule has 1 saturated heterocycles. The Labute approximate surface area is 216 Å². The maximum Gasteiger partial charge on any atom is 0.280 e. The van der Waals surface area contributed by atoms with Crippen molar-refractivity contribution >= 4 is 50.5 Å². The van der Waals surface area contributed by atoms with E-state index in [9.17, 15) is 9.59 Å². The molecule has 36 heavy (non-hydrogen) atoms. The highest BCUT2D eigenvalue weighted by Gasteiger charge is 2.35. The summed E-state index contributed by atoms with van der Waals surface area (Å²) in [6.07, 6.45) is 5.93. The molecule has 0 bridgehead atoms. The van der Waals surface area contributed by atoms with Gasteiger partial charge in [0.25, 0.3) is 11.8 Å². The Kier molecular flexibility index (Phi) is 5.91. The van der Waals surface area contributed by atoms with Crippen molar-refractivity contribution < 1.29 is 9.59 Å². The molecule has 2 atom stereocenters. The molecule has 2 amide bonds. The number of nitrogens with zero attached hydrogens (tertiary/aromatic N) is 4. The predicted octanol–water partition coefficient (Wildman–Crippen LogP) is 5.03. The van der Waals surface area contributed by atoms with Crippen LogP contribution in [0.1, 0.15) is 38.1 Å². The fourth-order valence-corrected chi connectivity index (χ4v) is 5.99. The molecule has 180 valence electrons. The van der Waals surface area contributed by atoms with E-state index in [0.717, 1.165) is 21.3 Å². The van der Waals surface area contributed by atoms with Gasteiger partial charge in [-0.25, -0.2) is 9.97 Å². The van der Waals surface area contributed by atoms with E-state index in [1.807, 2.05) is 76.2 Å². The van der Waals surface area contributed by atoms with Gasteiger partial charge < -0.3 is 14.6 Å². The summed E-state index contributed by atoms with van der Waals surface area (Å²) in [4.78, 5) is 37.4. The van der Waals surface area contributed by atoms with E-state index in [1.54, 1.807) is 12.5 Å². The molecule has 1 fully saturated rings. The molecule has 0 aliphatic carbocycles. The lowest BCUT2D eigenvalue weighted by Gasteiger charge is -2.39. The van der Waals surface area contributed by atoms with Gasteiger partial charge in [0.1, 0.15) is 0 Å². The van der Waals surface area contributed by atoms with E-state index in [0.29, 0.717) is 35.1 Å². The van der Waals surface area contributed by atoms with Crippen molar-refractivity contribution in [3.8, 4) is 0 Å². The average molecular weight is 516 g/mol. The third-order valence-corrected chi connectivity index (χ3v) is 7.93. The molecular weight excluding hydrogens is 494 g/mol. The van der Waals surface area contributed by atoms with Gasteiger partial charge in [0.15, 0.2) is 5.01 Å². The quantitative estimate of drug-likeness (QED) is 0.364. The molecule has 1 aliphatic rings. The van der Waals surface area contributed by atoms with E-state index in [-0.39, 0.29) is 23.8 Å². The normalized spacial score (nSPS) is 18.0. The first kappa shape index (κ1) is 22.7. The number of nitrogens with one attached hydrogen (secondary N) is 1. The van der Waals surface area contributed by atoms with E-state index in [4.69, 9.17) is 11.6 Å². The molecule has 3 aromatic heterocycles. The Bertz CT molecular complexity index is 1560. The zero-order valence-electron chi connectivity index (χ0n) is 19.2. The number of benzene rings is 2. The highest BCUT2D eigenvalue weighted by Crippen LogP contribution is 2.32. The third kappa shape index (κ3) is 4.23. The van der Waals surface area contributed by atoms with Gasteiger partial charge in [-0.05, 0) is 48.4 Å². The summed E-state index contributed by atoms with van der Waals surface area (Å²) in [5.74, 6) is -0.304. The molecule has 0 spiro atoms. The van der Waals surface area contributed by atoms with Crippen LogP contribution in [0.25, 0.3) is 15.7 Å². The number of thiazole rings is 1. The molecule has 5 aromatic rings. The van der Waals surface area contributed by atoms with E-state index in [2.05, 4.69) is 15.3 Å². The van der Waals surface area contributed by atoms with Crippen LogP contribution >= 0.6 is 22.9 Å². The van der Waals surface area contributed by atoms with E-state index >= 15 is 0 Å². The lowest BCUT2D eigenvalue weighted by molar-refractivity contribution is 0.0656. The maximum absolute atomic E-state index is 13.6. The van der Waals surface area contributed by atoms with Crippen molar-refractivity contribution in [3.63, 3.8) is 0 Å². The highest BCUT2D eigenvalue weighted by molar-refractivity contribution is 7.20. The van der Waals surface area contributed by atoms with Crippen molar-refractivity contribution in [2.75, 3.05) is 13.1 Å². The fraction of sp³-hybridized carbons (Fsp3) is 0.185. The van der Waals surface area contributed by atoms with Crippen molar-refractivity contribution in [1.82, 2.24) is 24.6 Å². The summed E-state index contributed by atoms with van der Waals surface area (Å²) in [7, 11) is 0. The first-order valence-corrected chi connectivity index (χ1v) is 12.9. The van der Waals surface area contributed by atoms with Gasteiger partial charge in [-0.3, -0.25) is 9.59 Å². The van der Waals surface area contributed by atoms with E-state index in [1.165, 1.54) is 11.3 Å². The fourth-order valence-electron chi connectivity index (χ4n) is 4.92. The summed E-state index contributed by atoms with van der Waals surface area (Å²) in [6, 6.07) is 18.8. The average Bonchev–Trinajstić information content (AvgIpc) is 3.55. The summed E-state index contributed by atoms with van der Waals surface area (Å²) in [5.41, 5.74) is 3.19. The van der Waals surface area contributed by atoms with Crippen LogP contribution in [-0.4, -0.2) is 50.2 Å². The summed E-state index contributed by atoms with van der Waals surface area (Å²) in [5, 5.41) is 4.25. The summed E-state index contributed by atoms with van der Waals surface area (Å²) in [6.45, 7) is 0.945. The van der Waals surface area contributed by atoms with Crippen molar-refractivity contribution in [2.24, 2.45) is 0 Å². The minimum Gasteiger partial charge on any atom is -0.345 e. The topological polar surface area (TPSA) is 79.6 Å². The Hall–Kier alpha value is -3.75. The molecule has 0 unspecified atom stereocenters. The molecule has 4 heterocycles. The third-order valence-electron chi connectivity index (χ3n) is 6.66. The largest absolute Gasteiger partial charge is 0.345 e. The number of imidazole rings is 1. The SMILES string of the molecule is O=C(N[C@@H]1CN(C(=O)c2cccn3cncc23)CC[C@H]1c1cccc(Cl)c1)c1nc2ccccc2s1. The molecular formula is C27H22ClN5O2S. The van der Waals surface area contributed by atoms with Crippen LogP contribution in [0.15, 0.2) is 79.4 Å². The van der Waals surface area contributed by atoms with Crippen molar-refractivity contribution in [3.05, 3.63) is 101 Å². The molecule has 1 aliphatic heterocycles. The first-order valence-electron chi connectivity index (χ1n) is 11.7. The number of amides is 2. The summed E-state index contributed by atoms with van der Waals surface area (Å²) >= 11 is 7.66. The standard InChI is InChI=1S/C27H22ClN5O2S/c28-18-6-3-5-17(13-18)19-10-12-32(27(35)20-7-4-11-33-16-29-14-23(20)33)15-22(19)30-25(34)26-31-21-8-1-2-9-24(21)36-26/h1-9,11,13-14,16,19,22H,10,12,15H2,(H,30,34)/t19-,22+/m0/s1.